The maximum absolute atomic E-state index is 14.0. The Balaban J connectivity index is 1.45. The van der Waals surface area contributed by atoms with Gasteiger partial charge in [0.25, 0.3) is 5.91 Å². The number of amides is 1. The van der Waals surface area contributed by atoms with Crippen molar-refractivity contribution in [1.82, 2.24) is 0 Å². The largest absolute Gasteiger partial charge is 0.489 e. The van der Waals surface area contributed by atoms with Crippen LogP contribution in [0.3, 0.4) is 0 Å². The Labute approximate surface area is 219 Å². The van der Waals surface area contributed by atoms with Gasteiger partial charge < -0.3 is 9.15 Å². The Morgan fingerprint density at radius 2 is 1.68 bits per heavy atom. The van der Waals surface area contributed by atoms with Crippen molar-refractivity contribution in [2.24, 2.45) is 0 Å². The lowest BCUT2D eigenvalue weighted by atomic mass is 9.98. The average molecular weight is 556 g/mol. The number of anilines is 1. The van der Waals surface area contributed by atoms with Crippen molar-refractivity contribution in [3.05, 3.63) is 140 Å². The van der Waals surface area contributed by atoms with Crippen LogP contribution in [0.2, 0.25) is 0 Å². The van der Waals surface area contributed by atoms with E-state index in [1.54, 1.807) is 12.1 Å². The molecule has 0 spiro atoms. The number of nitrogens with zero attached hydrogens (tertiary/aromatic N) is 1. The highest BCUT2D eigenvalue weighted by Gasteiger charge is 2.43. The minimum Gasteiger partial charge on any atom is -0.489 e. The molecule has 0 bridgehead atoms. The lowest BCUT2D eigenvalue weighted by molar-refractivity contribution is 0.0971. The first-order valence-electron chi connectivity index (χ1n) is 11.6. The lowest BCUT2D eigenvalue weighted by Crippen LogP contribution is -2.29. The summed E-state index contributed by atoms with van der Waals surface area (Å²) in [6.45, 7) is 0.413. The highest BCUT2D eigenvalue weighted by molar-refractivity contribution is 9.10. The SMILES string of the molecule is O=C1c2oc3ccc(F)cc3c(=O)c2C(c2ccc(OCc3ccccc3)cc2)N1c1cccc(Br)c1. The van der Waals surface area contributed by atoms with Gasteiger partial charge in [0.1, 0.15) is 23.8 Å². The van der Waals surface area contributed by atoms with E-state index < -0.39 is 23.2 Å². The third-order valence-corrected chi connectivity index (χ3v) is 6.86. The van der Waals surface area contributed by atoms with Crippen molar-refractivity contribution in [2.75, 3.05) is 4.90 Å². The van der Waals surface area contributed by atoms with Crippen LogP contribution >= 0.6 is 15.9 Å². The Bertz CT molecular complexity index is 1700. The van der Waals surface area contributed by atoms with Gasteiger partial charge in [-0.15, -0.1) is 0 Å². The standard InChI is InChI=1S/C30H19BrFNO4/c31-20-7-4-8-22(15-20)33-27(19-9-12-23(13-10-19)36-17-18-5-2-1-3-6-18)26-28(34)24-16-21(32)11-14-25(24)37-29(26)30(33)35/h1-16,27H,17H2. The van der Waals surface area contributed by atoms with E-state index in [4.69, 9.17) is 9.15 Å². The second-order valence-electron chi connectivity index (χ2n) is 8.72. The van der Waals surface area contributed by atoms with Gasteiger partial charge >= 0.3 is 0 Å². The molecule has 0 saturated heterocycles. The summed E-state index contributed by atoms with van der Waals surface area (Å²) in [5.74, 6) is -0.382. The minimum absolute atomic E-state index is 0.0431. The number of fused-ring (bicyclic) bond motifs is 2. The van der Waals surface area contributed by atoms with Gasteiger partial charge in [0, 0.05) is 10.2 Å². The Kier molecular flexibility index (Phi) is 5.85. The fourth-order valence-electron chi connectivity index (χ4n) is 4.64. The molecular formula is C30H19BrFNO4. The molecule has 1 amide bonds. The molecule has 1 aromatic heterocycles. The van der Waals surface area contributed by atoms with Gasteiger partial charge in [-0.05, 0) is 59.7 Å². The molecule has 1 aliphatic heterocycles. The fraction of sp³-hybridized carbons (Fsp3) is 0.0667. The predicted molar refractivity (Wildman–Crippen MR) is 142 cm³/mol. The molecule has 37 heavy (non-hydrogen) atoms. The number of rotatable bonds is 5. The normalized spacial score (nSPS) is 14.7. The molecule has 0 aliphatic carbocycles. The number of carbonyl (C=O) groups is 1. The van der Waals surface area contributed by atoms with Crippen LogP contribution in [-0.2, 0) is 6.61 Å². The first-order valence-corrected chi connectivity index (χ1v) is 12.4. The summed E-state index contributed by atoms with van der Waals surface area (Å²) in [5.41, 5.74) is 2.24. The molecule has 0 fully saturated rings. The molecule has 1 aliphatic rings. The maximum atomic E-state index is 14.0. The Hall–Kier alpha value is -4.23. The van der Waals surface area contributed by atoms with Crippen LogP contribution in [0.1, 0.15) is 33.3 Å². The third kappa shape index (κ3) is 4.21. The number of hydrogen-bond donors (Lipinski definition) is 0. The van der Waals surface area contributed by atoms with Gasteiger partial charge in [-0.2, -0.15) is 0 Å². The molecule has 0 N–H and O–H groups in total. The zero-order valence-electron chi connectivity index (χ0n) is 19.4. The van der Waals surface area contributed by atoms with E-state index in [1.807, 2.05) is 66.7 Å². The summed E-state index contributed by atoms with van der Waals surface area (Å²) in [7, 11) is 0. The molecule has 182 valence electrons. The summed E-state index contributed by atoms with van der Waals surface area (Å²) < 4.78 is 26.6. The smallest absolute Gasteiger partial charge is 0.295 e. The highest BCUT2D eigenvalue weighted by Crippen LogP contribution is 2.42. The van der Waals surface area contributed by atoms with E-state index in [1.165, 1.54) is 17.0 Å². The van der Waals surface area contributed by atoms with Gasteiger partial charge in [-0.25, -0.2) is 4.39 Å². The number of ether oxygens (including phenoxy) is 1. The number of hydrogen-bond acceptors (Lipinski definition) is 4. The molecule has 5 aromatic rings. The highest BCUT2D eigenvalue weighted by atomic mass is 79.9. The number of benzene rings is 4. The van der Waals surface area contributed by atoms with Crippen LogP contribution in [0, 0.1) is 5.82 Å². The predicted octanol–water partition coefficient (Wildman–Crippen LogP) is 7.02. The van der Waals surface area contributed by atoms with Gasteiger partial charge in [-0.1, -0.05) is 64.5 Å². The molecule has 0 radical (unpaired) electrons. The first-order chi connectivity index (χ1) is 18.0. The number of carbonyl (C=O) groups excluding carboxylic acids is 1. The zero-order valence-corrected chi connectivity index (χ0v) is 20.9. The summed E-state index contributed by atoms with van der Waals surface area (Å²) in [5, 5.41) is 0.0930. The van der Waals surface area contributed by atoms with Crippen molar-refractivity contribution in [3.63, 3.8) is 0 Å². The Morgan fingerprint density at radius 1 is 0.892 bits per heavy atom. The molecule has 7 heteroatoms. The van der Waals surface area contributed by atoms with Crippen molar-refractivity contribution < 1.29 is 18.3 Å². The molecular weight excluding hydrogens is 537 g/mol. The van der Waals surface area contributed by atoms with E-state index in [2.05, 4.69) is 15.9 Å². The second-order valence-corrected chi connectivity index (χ2v) is 9.63. The van der Waals surface area contributed by atoms with Crippen LogP contribution in [0.15, 0.2) is 111 Å². The van der Waals surface area contributed by atoms with E-state index in [9.17, 15) is 14.0 Å². The van der Waals surface area contributed by atoms with Gasteiger partial charge in [0.05, 0.1) is 17.0 Å². The van der Waals surface area contributed by atoms with Crippen LogP contribution in [0.4, 0.5) is 10.1 Å². The molecule has 2 heterocycles. The quantitative estimate of drug-likeness (QED) is 0.234. The lowest BCUT2D eigenvalue weighted by Gasteiger charge is -2.25. The van der Waals surface area contributed by atoms with Crippen LogP contribution in [0.25, 0.3) is 11.0 Å². The van der Waals surface area contributed by atoms with Crippen molar-refractivity contribution in [3.8, 4) is 5.75 Å². The molecule has 0 saturated carbocycles. The molecule has 1 unspecified atom stereocenters. The van der Waals surface area contributed by atoms with Gasteiger partial charge in [-0.3, -0.25) is 14.5 Å². The topological polar surface area (TPSA) is 59.8 Å². The molecule has 5 nitrogen and oxygen atoms in total. The monoisotopic (exact) mass is 555 g/mol. The van der Waals surface area contributed by atoms with E-state index in [0.717, 1.165) is 16.1 Å². The molecule has 4 aromatic carbocycles. The summed E-state index contributed by atoms with van der Waals surface area (Å²) in [4.78, 5) is 28.8. The summed E-state index contributed by atoms with van der Waals surface area (Å²) in [6.07, 6.45) is 0. The van der Waals surface area contributed by atoms with Gasteiger partial charge in [0.15, 0.2) is 5.43 Å². The zero-order chi connectivity index (χ0) is 25.5. The summed E-state index contributed by atoms with van der Waals surface area (Å²) in [6, 6.07) is 27.3. The van der Waals surface area contributed by atoms with E-state index in [-0.39, 0.29) is 22.3 Å². The van der Waals surface area contributed by atoms with Crippen LogP contribution in [-0.4, -0.2) is 5.91 Å². The van der Waals surface area contributed by atoms with Crippen LogP contribution < -0.4 is 15.1 Å². The number of halogens is 2. The average Bonchev–Trinajstić information content (AvgIpc) is 3.21. The molecule has 6 rings (SSSR count). The van der Waals surface area contributed by atoms with Crippen molar-refractivity contribution in [1.29, 1.82) is 0 Å². The fourth-order valence-corrected chi connectivity index (χ4v) is 5.03. The third-order valence-electron chi connectivity index (χ3n) is 6.36. The first kappa shape index (κ1) is 23.2. The maximum Gasteiger partial charge on any atom is 0.295 e. The molecule has 1 atom stereocenters. The van der Waals surface area contributed by atoms with Gasteiger partial charge in [0.2, 0.25) is 5.76 Å². The van der Waals surface area contributed by atoms with Crippen molar-refractivity contribution in [2.45, 2.75) is 12.6 Å². The van der Waals surface area contributed by atoms with Crippen molar-refractivity contribution >= 4 is 38.5 Å². The van der Waals surface area contributed by atoms with Crippen LogP contribution in [0.5, 0.6) is 5.75 Å². The minimum atomic E-state index is -0.760. The second kappa shape index (κ2) is 9.33. The van der Waals surface area contributed by atoms with E-state index in [0.29, 0.717) is 23.6 Å². The summed E-state index contributed by atoms with van der Waals surface area (Å²) >= 11 is 3.46. The van der Waals surface area contributed by atoms with E-state index >= 15 is 0 Å². The Morgan fingerprint density at radius 3 is 2.43 bits per heavy atom.